The Morgan fingerprint density at radius 3 is 2.53 bits per heavy atom. The van der Waals surface area contributed by atoms with Crippen LogP contribution in [0.15, 0.2) is 30.3 Å². The third-order valence-electron chi connectivity index (χ3n) is 3.16. The van der Waals surface area contributed by atoms with Gasteiger partial charge in [-0.05, 0) is 36.6 Å². The third kappa shape index (κ3) is 5.22. The van der Waals surface area contributed by atoms with Crippen molar-refractivity contribution in [1.82, 2.24) is 5.32 Å². The molecule has 0 aliphatic rings. The second-order valence-electron chi connectivity index (χ2n) is 5.11. The molecule has 0 saturated heterocycles. The van der Waals surface area contributed by atoms with Crippen LogP contribution < -0.4 is 5.32 Å². The quantitative estimate of drug-likeness (QED) is 0.803. The highest BCUT2D eigenvalue weighted by molar-refractivity contribution is 5.91. The van der Waals surface area contributed by atoms with Crippen molar-refractivity contribution in [3.63, 3.8) is 0 Å². The highest BCUT2D eigenvalue weighted by Crippen LogP contribution is 2.14. The zero-order chi connectivity index (χ0) is 14.5. The summed E-state index contributed by atoms with van der Waals surface area (Å²) in [5.74, 6) is -0.547. The first-order valence-electron chi connectivity index (χ1n) is 6.25. The SMILES string of the molecule is CC(C)C(C)(O)CNC(=O)C=Cc1ccc(F)cc1. The maximum absolute atomic E-state index is 12.7. The fourth-order valence-corrected chi connectivity index (χ4v) is 1.27. The molecule has 1 rings (SSSR count). The summed E-state index contributed by atoms with van der Waals surface area (Å²) in [5.41, 5.74) is -0.188. The Balaban J connectivity index is 2.50. The highest BCUT2D eigenvalue weighted by Gasteiger charge is 2.24. The van der Waals surface area contributed by atoms with Crippen LogP contribution in [0.1, 0.15) is 26.3 Å². The zero-order valence-electron chi connectivity index (χ0n) is 11.5. The summed E-state index contributed by atoms with van der Waals surface area (Å²) in [7, 11) is 0. The maximum Gasteiger partial charge on any atom is 0.244 e. The fraction of sp³-hybridized carbons (Fsp3) is 0.400. The lowest BCUT2D eigenvalue weighted by Crippen LogP contribution is -2.43. The summed E-state index contributed by atoms with van der Waals surface area (Å²) in [4.78, 5) is 11.6. The van der Waals surface area contributed by atoms with E-state index in [2.05, 4.69) is 5.32 Å². The van der Waals surface area contributed by atoms with Crippen LogP contribution in [-0.4, -0.2) is 23.2 Å². The summed E-state index contributed by atoms with van der Waals surface area (Å²) < 4.78 is 12.7. The van der Waals surface area contributed by atoms with E-state index in [1.165, 1.54) is 18.2 Å². The van der Waals surface area contributed by atoms with Crippen LogP contribution >= 0.6 is 0 Å². The van der Waals surface area contributed by atoms with Gasteiger partial charge in [-0.1, -0.05) is 26.0 Å². The number of rotatable bonds is 5. The number of aliphatic hydroxyl groups is 1. The van der Waals surface area contributed by atoms with Gasteiger partial charge in [0, 0.05) is 12.6 Å². The van der Waals surface area contributed by atoms with Gasteiger partial charge in [-0.15, -0.1) is 0 Å². The van der Waals surface area contributed by atoms with Gasteiger partial charge in [0.15, 0.2) is 0 Å². The standard InChI is InChI=1S/C15H20FNO2/c1-11(2)15(3,19)10-17-14(18)9-6-12-4-7-13(16)8-5-12/h4-9,11,19H,10H2,1-3H3,(H,17,18). The second kappa shape index (κ2) is 6.48. The van der Waals surface area contributed by atoms with Gasteiger partial charge in [0.1, 0.15) is 5.82 Å². The monoisotopic (exact) mass is 265 g/mol. The summed E-state index contributed by atoms with van der Waals surface area (Å²) in [5, 5.41) is 12.6. The zero-order valence-corrected chi connectivity index (χ0v) is 11.5. The molecule has 0 aromatic heterocycles. The molecule has 0 bridgehead atoms. The van der Waals surface area contributed by atoms with Gasteiger partial charge in [-0.25, -0.2) is 4.39 Å². The van der Waals surface area contributed by atoms with Crippen molar-refractivity contribution in [1.29, 1.82) is 0 Å². The molecule has 4 heteroatoms. The molecule has 0 heterocycles. The summed E-state index contributed by atoms with van der Waals surface area (Å²) in [6.45, 7) is 5.65. The minimum Gasteiger partial charge on any atom is -0.388 e. The van der Waals surface area contributed by atoms with Crippen LogP contribution in [0.2, 0.25) is 0 Å². The highest BCUT2D eigenvalue weighted by atomic mass is 19.1. The van der Waals surface area contributed by atoms with E-state index in [9.17, 15) is 14.3 Å². The van der Waals surface area contributed by atoms with Crippen molar-refractivity contribution >= 4 is 12.0 Å². The van der Waals surface area contributed by atoms with E-state index in [0.717, 1.165) is 5.56 Å². The van der Waals surface area contributed by atoms with Gasteiger partial charge < -0.3 is 10.4 Å². The van der Waals surface area contributed by atoms with Gasteiger partial charge >= 0.3 is 0 Å². The molecule has 3 nitrogen and oxygen atoms in total. The van der Waals surface area contributed by atoms with Gasteiger partial charge in [0.25, 0.3) is 0 Å². The van der Waals surface area contributed by atoms with Gasteiger partial charge in [0.2, 0.25) is 5.91 Å². The van der Waals surface area contributed by atoms with Crippen molar-refractivity contribution in [2.24, 2.45) is 5.92 Å². The molecule has 104 valence electrons. The van der Waals surface area contributed by atoms with Crippen molar-refractivity contribution in [3.8, 4) is 0 Å². The first kappa shape index (κ1) is 15.4. The smallest absolute Gasteiger partial charge is 0.244 e. The van der Waals surface area contributed by atoms with E-state index in [1.54, 1.807) is 25.1 Å². The molecule has 1 amide bonds. The summed E-state index contributed by atoms with van der Waals surface area (Å²) in [6.07, 6.45) is 2.96. The second-order valence-corrected chi connectivity index (χ2v) is 5.11. The van der Waals surface area contributed by atoms with Crippen LogP contribution in [0.5, 0.6) is 0 Å². The number of amides is 1. The van der Waals surface area contributed by atoms with E-state index in [0.29, 0.717) is 0 Å². The van der Waals surface area contributed by atoms with Crippen LogP contribution in [-0.2, 0) is 4.79 Å². The minimum atomic E-state index is -0.931. The summed E-state index contributed by atoms with van der Waals surface area (Å²) in [6, 6.07) is 5.84. The molecule has 0 aliphatic carbocycles. The first-order chi connectivity index (χ1) is 8.81. The Bertz CT molecular complexity index is 450. The normalized spacial score (nSPS) is 14.6. The number of nitrogens with one attached hydrogen (secondary N) is 1. The number of hydrogen-bond donors (Lipinski definition) is 2. The Morgan fingerprint density at radius 1 is 1.42 bits per heavy atom. The molecular formula is C15H20FNO2. The van der Waals surface area contributed by atoms with E-state index < -0.39 is 5.60 Å². The van der Waals surface area contributed by atoms with Crippen LogP contribution in [0.4, 0.5) is 4.39 Å². The number of carbonyl (C=O) groups excluding carboxylic acids is 1. The van der Waals surface area contributed by atoms with Gasteiger partial charge in [0.05, 0.1) is 5.60 Å². The van der Waals surface area contributed by atoms with Crippen molar-refractivity contribution < 1.29 is 14.3 Å². The van der Waals surface area contributed by atoms with Crippen LogP contribution in [0.3, 0.4) is 0 Å². The average Bonchev–Trinajstić information content (AvgIpc) is 2.35. The fourth-order valence-electron chi connectivity index (χ4n) is 1.27. The lowest BCUT2D eigenvalue weighted by Gasteiger charge is -2.27. The van der Waals surface area contributed by atoms with Gasteiger partial charge in [-0.3, -0.25) is 4.79 Å². The molecule has 1 aromatic carbocycles. The molecule has 1 aromatic rings. The molecular weight excluding hydrogens is 245 g/mol. The molecule has 19 heavy (non-hydrogen) atoms. The van der Waals surface area contributed by atoms with E-state index in [4.69, 9.17) is 0 Å². The minimum absolute atomic E-state index is 0.0499. The van der Waals surface area contributed by atoms with E-state index in [1.807, 2.05) is 13.8 Å². The lowest BCUT2D eigenvalue weighted by molar-refractivity contribution is -0.118. The Hall–Kier alpha value is -1.68. The van der Waals surface area contributed by atoms with Crippen LogP contribution in [0.25, 0.3) is 6.08 Å². The Morgan fingerprint density at radius 2 is 2.00 bits per heavy atom. The number of halogens is 1. The van der Waals surface area contributed by atoms with Gasteiger partial charge in [-0.2, -0.15) is 0 Å². The molecule has 1 atom stereocenters. The van der Waals surface area contributed by atoms with E-state index in [-0.39, 0.29) is 24.2 Å². The number of carbonyl (C=O) groups is 1. The third-order valence-corrected chi connectivity index (χ3v) is 3.16. The maximum atomic E-state index is 12.7. The molecule has 1 unspecified atom stereocenters. The molecule has 0 aliphatic heterocycles. The predicted molar refractivity (Wildman–Crippen MR) is 73.9 cm³/mol. The Labute approximate surface area is 113 Å². The lowest BCUT2D eigenvalue weighted by atomic mass is 9.92. The Kier molecular flexibility index (Phi) is 5.24. The predicted octanol–water partition coefficient (Wildman–Crippen LogP) is 2.36. The topological polar surface area (TPSA) is 49.3 Å². The number of hydrogen-bond acceptors (Lipinski definition) is 2. The average molecular weight is 265 g/mol. The van der Waals surface area contributed by atoms with Crippen LogP contribution in [0, 0.1) is 11.7 Å². The number of benzene rings is 1. The van der Waals surface area contributed by atoms with Crippen molar-refractivity contribution in [3.05, 3.63) is 41.7 Å². The van der Waals surface area contributed by atoms with E-state index >= 15 is 0 Å². The largest absolute Gasteiger partial charge is 0.388 e. The van der Waals surface area contributed by atoms with Crippen molar-refractivity contribution in [2.45, 2.75) is 26.4 Å². The van der Waals surface area contributed by atoms with Crippen molar-refractivity contribution in [2.75, 3.05) is 6.54 Å². The molecule has 0 saturated carbocycles. The molecule has 0 fully saturated rings. The summed E-state index contributed by atoms with van der Waals surface area (Å²) >= 11 is 0. The first-order valence-corrected chi connectivity index (χ1v) is 6.25. The molecule has 0 spiro atoms. The molecule has 0 radical (unpaired) electrons. The molecule has 2 N–H and O–H groups in total.